The number of para-hydroxylation sites is 2. The summed E-state index contributed by atoms with van der Waals surface area (Å²) in [6, 6.07) is 15.2. The van der Waals surface area contributed by atoms with Gasteiger partial charge < -0.3 is 10.1 Å². The van der Waals surface area contributed by atoms with Gasteiger partial charge in [0.1, 0.15) is 5.25 Å². The third-order valence-corrected chi connectivity index (χ3v) is 6.47. The minimum Gasteiger partial charge on any atom is -0.385 e. The van der Waals surface area contributed by atoms with Crippen molar-refractivity contribution in [2.45, 2.75) is 25.0 Å². The van der Waals surface area contributed by atoms with Gasteiger partial charge in [0, 0.05) is 31.2 Å². The van der Waals surface area contributed by atoms with Crippen LogP contribution < -0.4 is 5.32 Å². The van der Waals surface area contributed by atoms with Crippen molar-refractivity contribution in [3.63, 3.8) is 0 Å². The highest BCUT2D eigenvalue weighted by molar-refractivity contribution is 9.10. The van der Waals surface area contributed by atoms with Crippen molar-refractivity contribution in [3.05, 3.63) is 58.6 Å². The Morgan fingerprint density at radius 1 is 1.23 bits per heavy atom. The molecule has 8 heteroatoms. The lowest BCUT2D eigenvalue weighted by Gasteiger charge is -2.16. The summed E-state index contributed by atoms with van der Waals surface area (Å²) in [5, 5.41) is 3.00. The molecule has 0 aromatic heterocycles. The van der Waals surface area contributed by atoms with E-state index in [4.69, 9.17) is 9.73 Å². The van der Waals surface area contributed by atoms with Gasteiger partial charge in [-0.05, 0) is 53.0 Å². The van der Waals surface area contributed by atoms with Crippen LogP contribution in [-0.2, 0) is 14.3 Å². The number of nitrogens with zero attached hydrogens (tertiary/aromatic N) is 2. The van der Waals surface area contributed by atoms with Crippen LogP contribution in [0, 0.1) is 6.92 Å². The molecule has 0 bridgehead atoms. The number of ether oxygens (including phenoxy) is 1. The smallest absolute Gasteiger partial charge is 0.242 e. The van der Waals surface area contributed by atoms with Gasteiger partial charge in [-0.15, -0.1) is 0 Å². The van der Waals surface area contributed by atoms with Crippen molar-refractivity contribution in [1.82, 2.24) is 4.90 Å². The van der Waals surface area contributed by atoms with Gasteiger partial charge in [-0.3, -0.25) is 14.5 Å². The first kappa shape index (κ1) is 22.5. The van der Waals surface area contributed by atoms with E-state index in [0.29, 0.717) is 30.4 Å². The number of nitrogens with one attached hydrogen (secondary N) is 1. The quantitative estimate of drug-likeness (QED) is 0.542. The number of methoxy groups -OCH3 is 1. The van der Waals surface area contributed by atoms with Crippen molar-refractivity contribution >= 4 is 56.0 Å². The van der Waals surface area contributed by atoms with Gasteiger partial charge in [0.25, 0.3) is 0 Å². The summed E-state index contributed by atoms with van der Waals surface area (Å²) < 4.78 is 5.92. The molecule has 0 spiro atoms. The molecule has 1 aliphatic heterocycles. The standard InChI is InChI=1S/C22H24BrN3O3S/c1-15-8-3-5-10-17(15)25-22-26(12-7-13-29-2)21(28)19(30-22)14-20(27)24-18-11-6-4-9-16(18)23/h3-6,8-11,19H,7,12-14H2,1-2H3,(H,24,27)/t19-/m0/s1. The van der Waals surface area contributed by atoms with E-state index in [9.17, 15) is 9.59 Å². The van der Waals surface area contributed by atoms with Gasteiger partial charge >= 0.3 is 0 Å². The summed E-state index contributed by atoms with van der Waals surface area (Å²) in [6.45, 7) is 3.05. The zero-order valence-electron chi connectivity index (χ0n) is 16.9. The topological polar surface area (TPSA) is 71.0 Å². The summed E-state index contributed by atoms with van der Waals surface area (Å²) in [4.78, 5) is 32.0. The first-order chi connectivity index (χ1) is 14.5. The lowest BCUT2D eigenvalue weighted by atomic mass is 10.2. The lowest BCUT2D eigenvalue weighted by Crippen LogP contribution is -2.34. The number of carbonyl (C=O) groups excluding carboxylic acids is 2. The Morgan fingerprint density at radius 3 is 2.70 bits per heavy atom. The summed E-state index contributed by atoms with van der Waals surface area (Å²) in [5.74, 6) is -0.299. The molecular weight excluding hydrogens is 466 g/mol. The number of aryl methyl sites for hydroxylation is 1. The Kier molecular flexibility index (Phi) is 8.07. The molecule has 1 atom stereocenters. The zero-order valence-corrected chi connectivity index (χ0v) is 19.3. The molecule has 1 aliphatic rings. The van der Waals surface area contributed by atoms with Gasteiger partial charge in [-0.2, -0.15) is 0 Å². The lowest BCUT2D eigenvalue weighted by molar-refractivity contribution is -0.128. The number of aliphatic imine (C=N–C) groups is 1. The molecule has 2 aromatic rings. The maximum Gasteiger partial charge on any atom is 0.242 e. The highest BCUT2D eigenvalue weighted by Gasteiger charge is 2.39. The Bertz CT molecular complexity index is 951. The van der Waals surface area contributed by atoms with E-state index in [1.807, 2.05) is 55.5 Å². The number of amides is 2. The number of benzene rings is 2. The summed E-state index contributed by atoms with van der Waals surface area (Å²) in [7, 11) is 1.64. The molecule has 0 unspecified atom stereocenters. The highest BCUT2D eigenvalue weighted by atomic mass is 79.9. The third-order valence-electron chi connectivity index (χ3n) is 4.60. The van der Waals surface area contributed by atoms with E-state index in [1.165, 1.54) is 11.8 Å². The average Bonchev–Trinajstić information content (AvgIpc) is 3.00. The molecule has 6 nitrogen and oxygen atoms in total. The molecule has 0 aliphatic carbocycles. The maximum absolute atomic E-state index is 13.0. The second-order valence-corrected chi connectivity index (χ2v) is 8.88. The van der Waals surface area contributed by atoms with Gasteiger partial charge in [0.15, 0.2) is 5.17 Å². The Balaban J connectivity index is 1.75. The van der Waals surface area contributed by atoms with Gasteiger partial charge in [0.05, 0.1) is 11.4 Å². The molecule has 1 fully saturated rings. The molecule has 3 rings (SSSR count). The van der Waals surface area contributed by atoms with Crippen molar-refractivity contribution in [2.24, 2.45) is 4.99 Å². The molecule has 2 aromatic carbocycles. The predicted octanol–water partition coefficient (Wildman–Crippen LogP) is 4.75. The molecule has 0 saturated carbocycles. The van der Waals surface area contributed by atoms with Crippen LogP contribution in [0.1, 0.15) is 18.4 Å². The van der Waals surface area contributed by atoms with Crippen LogP contribution in [0.5, 0.6) is 0 Å². The predicted molar refractivity (Wildman–Crippen MR) is 125 cm³/mol. The van der Waals surface area contributed by atoms with Crippen LogP contribution >= 0.6 is 27.7 Å². The van der Waals surface area contributed by atoms with Crippen LogP contribution in [0.3, 0.4) is 0 Å². The van der Waals surface area contributed by atoms with E-state index >= 15 is 0 Å². The van der Waals surface area contributed by atoms with E-state index in [2.05, 4.69) is 21.2 Å². The zero-order chi connectivity index (χ0) is 21.5. The number of halogens is 1. The number of thioether (sulfide) groups is 1. The SMILES string of the molecule is COCCCN1C(=O)[C@H](CC(=O)Nc2ccccc2Br)SC1=Nc1ccccc1C. The molecule has 2 amide bonds. The number of carbonyl (C=O) groups is 2. The molecule has 1 saturated heterocycles. The second-order valence-electron chi connectivity index (χ2n) is 6.86. The van der Waals surface area contributed by atoms with Gasteiger partial charge in [-0.1, -0.05) is 42.1 Å². The van der Waals surface area contributed by atoms with Crippen LogP contribution in [-0.4, -0.2) is 47.4 Å². The molecule has 1 N–H and O–H groups in total. The second kappa shape index (κ2) is 10.7. The van der Waals surface area contributed by atoms with Crippen molar-refractivity contribution in [3.8, 4) is 0 Å². The normalized spacial score (nSPS) is 17.6. The van der Waals surface area contributed by atoms with Crippen LogP contribution in [0.15, 0.2) is 58.0 Å². The van der Waals surface area contributed by atoms with Crippen LogP contribution in [0.4, 0.5) is 11.4 Å². The average molecular weight is 490 g/mol. The Hall–Kier alpha value is -2.16. The largest absolute Gasteiger partial charge is 0.385 e. The van der Waals surface area contributed by atoms with Crippen molar-refractivity contribution < 1.29 is 14.3 Å². The molecule has 0 radical (unpaired) electrons. The number of hydrogen-bond acceptors (Lipinski definition) is 5. The Labute approximate surface area is 189 Å². The fourth-order valence-corrected chi connectivity index (χ4v) is 4.58. The summed E-state index contributed by atoms with van der Waals surface area (Å²) in [5.41, 5.74) is 2.54. The van der Waals surface area contributed by atoms with Crippen molar-refractivity contribution in [2.75, 3.05) is 25.6 Å². The fourth-order valence-electron chi connectivity index (χ4n) is 3.02. The van der Waals surface area contributed by atoms with E-state index in [0.717, 1.165) is 15.7 Å². The van der Waals surface area contributed by atoms with Crippen molar-refractivity contribution in [1.29, 1.82) is 0 Å². The molecule has 30 heavy (non-hydrogen) atoms. The van der Waals surface area contributed by atoms with E-state index in [1.54, 1.807) is 12.0 Å². The monoisotopic (exact) mass is 489 g/mol. The first-order valence-corrected chi connectivity index (χ1v) is 11.3. The minimum atomic E-state index is -0.502. The number of rotatable bonds is 8. The highest BCUT2D eigenvalue weighted by Crippen LogP contribution is 2.33. The van der Waals surface area contributed by atoms with E-state index in [-0.39, 0.29) is 18.2 Å². The number of hydrogen-bond donors (Lipinski definition) is 1. The van der Waals surface area contributed by atoms with Gasteiger partial charge in [-0.25, -0.2) is 4.99 Å². The van der Waals surface area contributed by atoms with E-state index < -0.39 is 5.25 Å². The Morgan fingerprint density at radius 2 is 1.97 bits per heavy atom. The maximum atomic E-state index is 13.0. The fraction of sp³-hybridized carbons (Fsp3) is 0.318. The third kappa shape index (κ3) is 5.71. The van der Waals surface area contributed by atoms with Gasteiger partial charge in [0.2, 0.25) is 11.8 Å². The molecule has 158 valence electrons. The summed E-state index contributed by atoms with van der Waals surface area (Å²) >= 11 is 4.77. The number of anilines is 1. The van der Waals surface area contributed by atoms with Crippen LogP contribution in [0.2, 0.25) is 0 Å². The first-order valence-electron chi connectivity index (χ1n) is 9.65. The molecule has 1 heterocycles. The van der Waals surface area contributed by atoms with Crippen LogP contribution in [0.25, 0.3) is 0 Å². The summed E-state index contributed by atoms with van der Waals surface area (Å²) in [6.07, 6.45) is 0.782. The minimum absolute atomic E-state index is 0.0817. The number of amidine groups is 1. The molecular formula is C22H24BrN3O3S.